The number of nitrogens with zero attached hydrogens (tertiary/aromatic N) is 2. The van der Waals surface area contributed by atoms with Gasteiger partial charge in [-0.2, -0.15) is 11.3 Å². The van der Waals surface area contributed by atoms with Crippen LogP contribution in [0.25, 0.3) is 0 Å². The monoisotopic (exact) mass is 278 g/mol. The minimum Gasteiger partial charge on any atom is -0.387 e. The first-order valence-corrected chi connectivity index (χ1v) is 7.03. The van der Waals surface area contributed by atoms with E-state index in [0.717, 1.165) is 22.8 Å². The molecule has 6 heteroatoms. The number of hydrogen-bond donors (Lipinski definition) is 3. The van der Waals surface area contributed by atoms with Gasteiger partial charge < -0.3 is 15.7 Å². The molecule has 2 aromatic rings. The van der Waals surface area contributed by atoms with Crippen molar-refractivity contribution in [3.05, 3.63) is 33.8 Å². The topological polar surface area (TPSA) is 70.1 Å². The molecule has 0 spiro atoms. The van der Waals surface area contributed by atoms with Crippen molar-refractivity contribution in [2.24, 2.45) is 0 Å². The summed E-state index contributed by atoms with van der Waals surface area (Å²) in [5.41, 5.74) is 1.88. The van der Waals surface area contributed by atoms with E-state index < -0.39 is 6.10 Å². The molecule has 2 rings (SSSR count). The number of nitrogens with one attached hydrogen (secondary N) is 2. The Morgan fingerprint density at radius 1 is 1.32 bits per heavy atom. The van der Waals surface area contributed by atoms with Gasteiger partial charge in [0.1, 0.15) is 17.5 Å². The van der Waals surface area contributed by atoms with E-state index in [-0.39, 0.29) is 0 Å². The first-order valence-electron chi connectivity index (χ1n) is 6.09. The number of aromatic nitrogens is 2. The van der Waals surface area contributed by atoms with Gasteiger partial charge in [-0.1, -0.05) is 0 Å². The highest BCUT2D eigenvalue weighted by Gasteiger charge is 2.11. The second-order valence-electron chi connectivity index (χ2n) is 4.30. The molecule has 2 aromatic heterocycles. The van der Waals surface area contributed by atoms with Crippen molar-refractivity contribution in [3.63, 3.8) is 0 Å². The van der Waals surface area contributed by atoms with Crippen LogP contribution in [0, 0.1) is 13.8 Å². The highest BCUT2D eigenvalue weighted by atomic mass is 32.1. The predicted molar refractivity (Wildman–Crippen MR) is 78.8 cm³/mol. The fourth-order valence-corrected chi connectivity index (χ4v) is 2.53. The average molecular weight is 278 g/mol. The molecule has 0 aromatic carbocycles. The summed E-state index contributed by atoms with van der Waals surface area (Å²) >= 11 is 1.58. The van der Waals surface area contributed by atoms with Crippen molar-refractivity contribution in [1.82, 2.24) is 9.97 Å². The van der Waals surface area contributed by atoms with E-state index in [9.17, 15) is 5.11 Å². The Morgan fingerprint density at radius 3 is 2.68 bits per heavy atom. The van der Waals surface area contributed by atoms with Crippen molar-refractivity contribution >= 4 is 23.0 Å². The van der Waals surface area contributed by atoms with E-state index in [1.165, 1.54) is 0 Å². The minimum atomic E-state index is -0.529. The largest absolute Gasteiger partial charge is 0.387 e. The van der Waals surface area contributed by atoms with E-state index in [1.54, 1.807) is 11.3 Å². The summed E-state index contributed by atoms with van der Waals surface area (Å²) in [7, 11) is 1.83. The third-order valence-electron chi connectivity index (χ3n) is 2.89. The summed E-state index contributed by atoms with van der Waals surface area (Å²) in [4.78, 5) is 8.67. The lowest BCUT2D eigenvalue weighted by Gasteiger charge is -2.15. The third kappa shape index (κ3) is 3.21. The van der Waals surface area contributed by atoms with Gasteiger partial charge in [-0.15, -0.1) is 0 Å². The van der Waals surface area contributed by atoms with Crippen LogP contribution in [0.1, 0.15) is 23.1 Å². The van der Waals surface area contributed by atoms with Gasteiger partial charge in [0.2, 0.25) is 0 Å². The summed E-state index contributed by atoms with van der Waals surface area (Å²) in [6.45, 7) is 4.22. The molecule has 0 fully saturated rings. The summed E-state index contributed by atoms with van der Waals surface area (Å²) in [5.74, 6) is 2.26. The first kappa shape index (κ1) is 13.8. The molecular formula is C13H18N4OS. The molecular weight excluding hydrogens is 260 g/mol. The van der Waals surface area contributed by atoms with Gasteiger partial charge in [0.15, 0.2) is 0 Å². The fourth-order valence-electron chi connectivity index (χ4n) is 1.82. The van der Waals surface area contributed by atoms with Crippen LogP contribution in [0.5, 0.6) is 0 Å². The summed E-state index contributed by atoms with van der Waals surface area (Å²) in [5, 5.41) is 20.2. The molecule has 1 atom stereocenters. The zero-order chi connectivity index (χ0) is 13.8. The maximum Gasteiger partial charge on any atom is 0.134 e. The molecule has 0 saturated heterocycles. The number of anilines is 2. The van der Waals surface area contributed by atoms with Crippen LogP contribution in [0.15, 0.2) is 16.8 Å². The lowest BCUT2D eigenvalue weighted by molar-refractivity contribution is 0.192. The summed E-state index contributed by atoms with van der Waals surface area (Å²) < 4.78 is 0. The van der Waals surface area contributed by atoms with Crippen molar-refractivity contribution in [2.45, 2.75) is 20.0 Å². The van der Waals surface area contributed by atoms with Gasteiger partial charge in [-0.25, -0.2) is 9.97 Å². The number of hydrogen-bond acceptors (Lipinski definition) is 6. The molecule has 3 N–H and O–H groups in total. The van der Waals surface area contributed by atoms with Gasteiger partial charge in [-0.3, -0.25) is 0 Å². The predicted octanol–water partition coefficient (Wildman–Crippen LogP) is 2.34. The zero-order valence-corrected chi connectivity index (χ0v) is 12.1. The average Bonchev–Trinajstić information content (AvgIpc) is 2.93. The molecule has 0 bridgehead atoms. The maximum absolute atomic E-state index is 10.0. The third-order valence-corrected chi connectivity index (χ3v) is 3.59. The molecule has 0 aliphatic rings. The second kappa shape index (κ2) is 5.99. The van der Waals surface area contributed by atoms with Crippen LogP contribution >= 0.6 is 11.3 Å². The highest BCUT2D eigenvalue weighted by molar-refractivity contribution is 7.07. The molecule has 0 saturated carbocycles. The minimum absolute atomic E-state index is 0.428. The lowest BCUT2D eigenvalue weighted by atomic mass is 10.2. The van der Waals surface area contributed by atoms with Crippen LogP contribution in [0.4, 0.5) is 11.6 Å². The van der Waals surface area contributed by atoms with Crippen LogP contribution in [0.3, 0.4) is 0 Å². The Hall–Kier alpha value is -1.66. The highest BCUT2D eigenvalue weighted by Crippen LogP contribution is 2.21. The van der Waals surface area contributed by atoms with Crippen molar-refractivity contribution in [3.8, 4) is 0 Å². The Balaban J connectivity index is 2.09. The molecule has 2 heterocycles. The number of aliphatic hydroxyl groups excluding tert-OH is 1. The standard InChI is InChI=1S/C13H18N4OS/c1-8-12(14-3)16-9(2)17-13(8)15-6-11(18)10-4-5-19-7-10/h4-5,7,11,18H,6H2,1-3H3,(H2,14,15,16,17). The van der Waals surface area contributed by atoms with E-state index >= 15 is 0 Å². The van der Waals surface area contributed by atoms with Gasteiger partial charge in [0.05, 0.1) is 6.10 Å². The summed E-state index contributed by atoms with van der Waals surface area (Å²) in [6.07, 6.45) is -0.529. The first-order chi connectivity index (χ1) is 9.11. The zero-order valence-electron chi connectivity index (χ0n) is 11.3. The Morgan fingerprint density at radius 2 is 2.05 bits per heavy atom. The number of thiophene rings is 1. The number of rotatable bonds is 5. The Bertz CT molecular complexity index is 542. The molecule has 0 radical (unpaired) electrons. The second-order valence-corrected chi connectivity index (χ2v) is 5.08. The van der Waals surface area contributed by atoms with E-state index in [4.69, 9.17) is 0 Å². The van der Waals surface area contributed by atoms with Crippen LogP contribution in [-0.2, 0) is 0 Å². The fraction of sp³-hybridized carbons (Fsp3) is 0.385. The van der Waals surface area contributed by atoms with Gasteiger partial charge in [0, 0.05) is 19.2 Å². The van der Waals surface area contributed by atoms with E-state index in [2.05, 4.69) is 20.6 Å². The van der Waals surface area contributed by atoms with Crippen LogP contribution in [0.2, 0.25) is 0 Å². The molecule has 0 aliphatic heterocycles. The Kier molecular flexibility index (Phi) is 4.34. The van der Waals surface area contributed by atoms with Gasteiger partial charge in [-0.05, 0) is 36.2 Å². The lowest BCUT2D eigenvalue weighted by Crippen LogP contribution is -2.14. The van der Waals surface area contributed by atoms with Gasteiger partial charge in [0.25, 0.3) is 0 Å². The van der Waals surface area contributed by atoms with E-state index in [1.807, 2.05) is 37.7 Å². The molecule has 19 heavy (non-hydrogen) atoms. The van der Waals surface area contributed by atoms with Crippen molar-refractivity contribution in [1.29, 1.82) is 0 Å². The smallest absolute Gasteiger partial charge is 0.134 e. The molecule has 0 amide bonds. The quantitative estimate of drug-likeness (QED) is 0.783. The maximum atomic E-state index is 10.0. The molecule has 1 unspecified atom stereocenters. The van der Waals surface area contributed by atoms with Crippen LogP contribution < -0.4 is 10.6 Å². The summed E-state index contributed by atoms with van der Waals surface area (Å²) in [6, 6.07) is 1.92. The SMILES string of the molecule is CNc1nc(C)nc(NCC(O)c2ccsc2)c1C. The Labute approximate surface area is 116 Å². The number of aryl methyl sites for hydroxylation is 1. The van der Waals surface area contributed by atoms with Crippen molar-refractivity contribution in [2.75, 3.05) is 24.2 Å². The van der Waals surface area contributed by atoms with Crippen molar-refractivity contribution < 1.29 is 5.11 Å². The normalized spacial score (nSPS) is 12.2. The van der Waals surface area contributed by atoms with E-state index in [0.29, 0.717) is 12.4 Å². The number of aliphatic hydroxyl groups is 1. The van der Waals surface area contributed by atoms with Gasteiger partial charge >= 0.3 is 0 Å². The van der Waals surface area contributed by atoms with Crippen LogP contribution in [-0.4, -0.2) is 28.7 Å². The molecule has 5 nitrogen and oxygen atoms in total. The molecule has 102 valence electrons. The molecule has 0 aliphatic carbocycles.